The molecule has 0 heterocycles. The molecule has 2 fully saturated rings. The van der Waals surface area contributed by atoms with Crippen LogP contribution in [-0.4, -0.2) is 0 Å². The summed E-state index contributed by atoms with van der Waals surface area (Å²) in [6, 6.07) is 0. The second kappa shape index (κ2) is 4.55. The normalized spacial score (nSPS) is 32.2. The van der Waals surface area contributed by atoms with Crippen molar-refractivity contribution in [1.82, 2.24) is 0 Å². The Kier molecular flexibility index (Phi) is 3.47. The zero-order chi connectivity index (χ0) is 11.8. The minimum Gasteiger partial charge on any atom is -0.0707 e. The van der Waals surface area contributed by atoms with Gasteiger partial charge in [-0.15, -0.1) is 0 Å². The average Bonchev–Trinajstić information content (AvgIpc) is 2.61. The monoisotopic (exact) mass is 220 g/mol. The van der Waals surface area contributed by atoms with Gasteiger partial charge in [0.25, 0.3) is 0 Å². The van der Waals surface area contributed by atoms with E-state index in [0.717, 1.165) is 11.8 Å². The maximum absolute atomic E-state index is 2.46. The summed E-state index contributed by atoms with van der Waals surface area (Å²) in [5.74, 6) is 1.80. The molecule has 0 aliphatic heterocycles. The van der Waals surface area contributed by atoms with Crippen molar-refractivity contribution in [1.29, 1.82) is 0 Å². The van der Waals surface area contributed by atoms with Crippen molar-refractivity contribution in [2.45, 2.75) is 72.6 Å². The van der Waals surface area contributed by atoms with E-state index in [1.54, 1.807) is 0 Å². The third kappa shape index (κ3) is 2.52. The third-order valence-corrected chi connectivity index (χ3v) is 4.84. The number of allylic oxidation sites excluding steroid dienone is 2. The Bertz CT molecular complexity index is 269. The van der Waals surface area contributed by atoms with Crippen molar-refractivity contribution in [3.05, 3.63) is 11.1 Å². The molecule has 2 aliphatic rings. The van der Waals surface area contributed by atoms with Gasteiger partial charge < -0.3 is 0 Å². The van der Waals surface area contributed by atoms with E-state index in [0.29, 0.717) is 5.41 Å². The molecular formula is C16H28. The summed E-state index contributed by atoms with van der Waals surface area (Å²) in [6.07, 6.45) is 10.0. The highest BCUT2D eigenvalue weighted by atomic mass is 14.4. The fraction of sp³-hybridized carbons (Fsp3) is 0.875. The highest BCUT2D eigenvalue weighted by Crippen LogP contribution is 2.47. The van der Waals surface area contributed by atoms with Crippen molar-refractivity contribution in [3.63, 3.8) is 0 Å². The Labute approximate surface area is 102 Å². The van der Waals surface area contributed by atoms with Crippen molar-refractivity contribution >= 4 is 0 Å². The van der Waals surface area contributed by atoms with Gasteiger partial charge in [-0.1, -0.05) is 45.3 Å². The molecule has 0 amide bonds. The van der Waals surface area contributed by atoms with Gasteiger partial charge >= 0.3 is 0 Å². The van der Waals surface area contributed by atoms with Crippen LogP contribution in [-0.2, 0) is 0 Å². The van der Waals surface area contributed by atoms with Crippen LogP contribution in [0.4, 0.5) is 0 Å². The minimum absolute atomic E-state index is 0.505. The van der Waals surface area contributed by atoms with Crippen LogP contribution in [0.5, 0.6) is 0 Å². The molecule has 0 heteroatoms. The van der Waals surface area contributed by atoms with E-state index in [4.69, 9.17) is 0 Å². The van der Waals surface area contributed by atoms with Crippen molar-refractivity contribution in [3.8, 4) is 0 Å². The number of hydrogen-bond donors (Lipinski definition) is 0. The highest BCUT2D eigenvalue weighted by Gasteiger charge is 2.35. The summed E-state index contributed by atoms with van der Waals surface area (Å²) < 4.78 is 0. The molecule has 2 aliphatic carbocycles. The summed E-state index contributed by atoms with van der Waals surface area (Å²) in [7, 11) is 0. The molecule has 0 aromatic heterocycles. The van der Waals surface area contributed by atoms with Crippen molar-refractivity contribution in [2.75, 3.05) is 0 Å². The minimum atomic E-state index is 0.505. The standard InChI is InChI=1S/C16H28/c1-12-10-14(16(2,3)4)11-15(12)13-8-6-5-7-9-13/h12,14H,5-11H2,1-4H3. The summed E-state index contributed by atoms with van der Waals surface area (Å²) in [4.78, 5) is 0. The lowest BCUT2D eigenvalue weighted by Gasteiger charge is -2.26. The summed E-state index contributed by atoms with van der Waals surface area (Å²) in [5, 5.41) is 0. The third-order valence-electron chi connectivity index (χ3n) is 4.84. The topological polar surface area (TPSA) is 0 Å². The fourth-order valence-electron chi connectivity index (χ4n) is 3.57. The second-order valence-electron chi connectivity index (χ2n) is 7.09. The number of rotatable bonds is 0. The van der Waals surface area contributed by atoms with Gasteiger partial charge in [0.05, 0.1) is 0 Å². The Morgan fingerprint density at radius 3 is 2.12 bits per heavy atom. The van der Waals surface area contributed by atoms with Crippen LogP contribution in [0.25, 0.3) is 0 Å². The van der Waals surface area contributed by atoms with Gasteiger partial charge in [0.1, 0.15) is 0 Å². The van der Waals surface area contributed by atoms with E-state index >= 15 is 0 Å². The molecule has 0 spiro atoms. The summed E-state index contributed by atoms with van der Waals surface area (Å²) in [6.45, 7) is 9.71. The van der Waals surface area contributed by atoms with Crippen LogP contribution < -0.4 is 0 Å². The van der Waals surface area contributed by atoms with E-state index < -0.39 is 0 Å². The molecule has 2 rings (SSSR count). The molecule has 2 unspecified atom stereocenters. The van der Waals surface area contributed by atoms with Gasteiger partial charge in [-0.25, -0.2) is 0 Å². The predicted molar refractivity (Wildman–Crippen MR) is 71.5 cm³/mol. The van der Waals surface area contributed by atoms with Gasteiger partial charge in [0, 0.05) is 0 Å². The summed E-state index contributed by atoms with van der Waals surface area (Å²) in [5.41, 5.74) is 4.22. The van der Waals surface area contributed by atoms with Crippen molar-refractivity contribution < 1.29 is 0 Å². The molecular weight excluding hydrogens is 192 g/mol. The maximum atomic E-state index is 2.46. The maximum Gasteiger partial charge on any atom is -0.0226 e. The van der Waals surface area contributed by atoms with Gasteiger partial charge in [-0.2, -0.15) is 0 Å². The molecule has 16 heavy (non-hydrogen) atoms. The summed E-state index contributed by atoms with van der Waals surface area (Å²) >= 11 is 0. The van der Waals surface area contributed by atoms with Gasteiger partial charge in [-0.05, 0) is 55.8 Å². The lowest BCUT2D eigenvalue weighted by Crippen LogP contribution is -2.17. The average molecular weight is 220 g/mol. The Morgan fingerprint density at radius 2 is 1.62 bits per heavy atom. The zero-order valence-electron chi connectivity index (χ0n) is 11.6. The largest absolute Gasteiger partial charge is 0.0707 e. The molecule has 92 valence electrons. The Morgan fingerprint density at radius 1 is 1.00 bits per heavy atom. The second-order valence-corrected chi connectivity index (χ2v) is 7.09. The quantitative estimate of drug-likeness (QED) is 0.483. The molecule has 0 radical (unpaired) electrons. The molecule has 0 saturated heterocycles. The van der Waals surface area contributed by atoms with E-state index in [9.17, 15) is 0 Å². The predicted octanol–water partition coefficient (Wildman–Crippen LogP) is 5.34. The molecule has 0 aromatic rings. The fourth-order valence-corrected chi connectivity index (χ4v) is 3.57. The van der Waals surface area contributed by atoms with Crippen molar-refractivity contribution in [2.24, 2.45) is 17.3 Å². The van der Waals surface area contributed by atoms with Crippen LogP contribution in [0, 0.1) is 17.3 Å². The smallest absolute Gasteiger partial charge is 0.0226 e. The van der Waals surface area contributed by atoms with Crippen LogP contribution in [0.15, 0.2) is 11.1 Å². The first-order valence-corrected chi connectivity index (χ1v) is 7.19. The van der Waals surface area contributed by atoms with E-state index in [1.807, 2.05) is 11.1 Å². The van der Waals surface area contributed by atoms with Gasteiger partial charge in [0.2, 0.25) is 0 Å². The Hall–Kier alpha value is -0.260. The van der Waals surface area contributed by atoms with Gasteiger partial charge in [0.15, 0.2) is 0 Å². The molecule has 0 N–H and O–H groups in total. The number of hydrogen-bond acceptors (Lipinski definition) is 0. The van der Waals surface area contributed by atoms with E-state index in [-0.39, 0.29) is 0 Å². The highest BCUT2D eigenvalue weighted by molar-refractivity contribution is 5.22. The van der Waals surface area contributed by atoms with Gasteiger partial charge in [-0.3, -0.25) is 0 Å². The van der Waals surface area contributed by atoms with Crippen LogP contribution in [0.3, 0.4) is 0 Å². The van der Waals surface area contributed by atoms with Crippen LogP contribution in [0.1, 0.15) is 72.6 Å². The molecule has 0 aromatic carbocycles. The first-order valence-electron chi connectivity index (χ1n) is 7.19. The SMILES string of the molecule is CC1CC(C(C)(C)C)CC1=C1CCCCC1. The zero-order valence-corrected chi connectivity index (χ0v) is 11.6. The van der Waals surface area contributed by atoms with Crippen LogP contribution >= 0.6 is 0 Å². The molecule has 2 saturated carbocycles. The molecule has 0 nitrogen and oxygen atoms in total. The first-order chi connectivity index (χ1) is 7.48. The van der Waals surface area contributed by atoms with Crippen LogP contribution in [0.2, 0.25) is 0 Å². The lowest BCUT2D eigenvalue weighted by molar-refractivity contribution is 0.242. The molecule has 2 atom stereocenters. The molecule has 0 bridgehead atoms. The lowest BCUT2D eigenvalue weighted by atomic mass is 9.79. The first kappa shape index (κ1) is 12.2. The Balaban J connectivity index is 2.12. The van der Waals surface area contributed by atoms with E-state index in [1.165, 1.54) is 44.9 Å². The van der Waals surface area contributed by atoms with E-state index in [2.05, 4.69) is 27.7 Å².